The molecule has 1 aromatic carbocycles. The number of hydrogen-bond acceptors (Lipinski definition) is 2. The second kappa shape index (κ2) is 4.60. The van der Waals surface area contributed by atoms with E-state index >= 15 is 0 Å². The third kappa shape index (κ3) is 2.40. The number of nitrogens with zero attached hydrogens (tertiary/aromatic N) is 1. The number of aldehydes is 1. The monoisotopic (exact) mass is 251 g/mol. The van der Waals surface area contributed by atoms with Gasteiger partial charge in [0.1, 0.15) is 0 Å². The summed E-state index contributed by atoms with van der Waals surface area (Å²) in [4.78, 5) is 14.6. The summed E-state index contributed by atoms with van der Waals surface area (Å²) in [6.45, 7) is 0. The van der Waals surface area contributed by atoms with Crippen molar-refractivity contribution in [3.63, 3.8) is 0 Å². The fraction of sp³-hybridized carbons (Fsp3) is 0.0769. The lowest BCUT2D eigenvalue weighted by Crippen LogP contribution is -2.07. The summed E-state index contributed by atoms with van der Waals surface area (Å²) in [6.07, 6.45) is -3.39. The number of rotatable bonds is 2. The lowest BCUT2D eigenvalue weighted by molar-refractivity contribution is -0.137. The van der Waals surface area contributed by atoms with E-state index in [0.717, 1.165) is 12.3 Å². The molecule has 0 spiro atoms. The van der Waals surface area contributed by atoms with Gasteiger partial charge in [-0.15, -0.1) is 0 Å². The SMILES string of the molecule is O=Cc1cc(C(F)(F)F)cnc1-c1ccccc1. The second-order valence-corrected chi connectivity index (χ2v) is 3.64. The van der Waals surface area contributed by atoms with E-state index < -0.39 is 11.7 Å². The van der Waals surface area contributed by atoms with Gasteiger partial charge in [0.2, 0.25) is 0 Å². The molecule has 0 saturated heterocycles. The molecule has 0 aliphatic carbocycles. The summed E-state index contributed by atoms with van der Waals surface area (Å²) in [5.41, 5.74) is -0.146. The number of pyridine rings is 1. The minimum absolute atomic E-state index is 0.0731. The van der Waals surface area contributed by atoms with Gasteiger partial charge in [-0.3, -0.25) is 9.78 Å². The maximum atomic E-state index is 12.5. The molecule has 0 bridgehead atoms. The number of halogens is 3. The first-order chi connectivity index (χ1) is 8.52. The molecular weight excluding hydrogens is 243 g/mol. The first-order valence-electron chi connectivity index (χ1n) is 5.10. The zero-order valence-corrected chi connectivity index (χ0v) is 9.11. The van der Waals surface area contributed by atoms with Crippen LogP contribution in [-0.4, -0.2) is 11.3 Å². The minimum atomic E-state index is -4.50. The van der Waals surface area contributed by atoms with Crippen molar-refractivity contribution in [1.29, 1.82) is 0 Å². The summed E-state index contributed by atoms with van der Waals surface area (Å²) in [5, 5.41) is 0. The molecule has 5 heteroatoms. The normalized spacial score (nSPS) is 11.3. The number of aromatic nitrogens is 1. The van der Waals surface area contributed by atoms with Gasteiger partial charge in [-0.2, -0.15) is 13.2 Å². The fourth-order valence-electron chi connectivity index (χ4n) is 1.56. The molecule has 0 N–H and O–H groups in total. The van der Waals surface area contributed by atoms with E-state index in [1.54, 1.807) is 30.3 Å². The summed E-state index contributed by atoms with van der Waals surface area (Å²) >= 11 is 0. The van der Waals surface area contributed by atoms with Crippen LogP contribution in [0.5, 0.6) is 0 Å². The topological polar surface area (TPSA) is 30.0 Å². The van der Waals surface area contributed by atoms with E-state index in [1.807, 2.05) is 0 Å². The van der Waals surface area contributed by atoms with Gasteiger partial charge in [0.05, 0.1) is 11.3 Å². The summed E-state index contributed by atoms with van der Waals surface area (Å²) in [7, 11) is 0. The van der Waals surface area contributed by atoms with E-state index in [4.69, 9.17) is 0 Å². The van der Waals surface area contributed by atoms with Crippen LogP contribution in [0.1, 0.15) is 15.9 Å². The molecule has 0 saturated carbocycles. The molecule has 2 nitrogen and oxygen atoms in total. The van der Waals surface area contributed by atoms with Crippen molar-refractivity contribution >= 4 is 6.29 Å². The predicted molar refractivity (Wildman–Crippen MR) is 60.1 cm³/mol. The molecule has 0 atom stereocenters. The molecule has 2 aromatic rings. The average molecular weight is 251 g/mol. The molecule has 1 aromatic heterocycles. The Hall–Kier alpha value is -2.17. The molecule has 0 aliphatic rings. The highest BCUT2D eigenvalue weighted by Gasteiger charge is 2.31. The number of hydrogen-bond donors (Lipinski definition) is 0. The van der Waals surface area contributed by atoms with Crippen LogP contribution in [-0.2, 0) is 6.18 Å². The summed E-state index contributed by atoms with van der Waals surface area (Å²) in [6, 6.07) is 9.40. The fourth-order valence-corrected chi connectivity index (χ4v) is 1.56. The van der Waals surface area contributed by atoms with Crippen molar-refractivity contribution in [3.8, 4) is 11.3 Å². The molecule has 18 heavy (non-hydrogen) atoms. The second-order valence-electron chi connectivity index (χ2n) is 3.64. The van der Waals surface area contributed by atoms with E-state index in [-0.39, 0.29) is 11.3 Å². The highest BCUT2D eigenvalue weighted by molar-refractivity contribution is 5.85. The molecular formula is C13H8F3NO. The van der Waals surface area contributed by atoms with Crippen LogP contribution in [0.3, 0.4) is 0 Å². The van der Waals surface area contributed by atoms with E-state index in [1.165, 1.54) is 0 Å². The van der Waals surface area contributed by atoms with Crippen molar-refractivity contribution < 1.29 is 18.0 Å². The lowest BCUT2D eigenvalue weighted by atomic mass is 10.0. The zero-order chi connectivity index (χ0) is 13.2. The number of carbonyl (C=O) groups is 1. The van der Waals surface area contributed by atoms with Gasteiger partial charge < -0.3 is 0 Å². The Balaban J connectivity index is 2.54. The molecule has 92 valence electrons. The standard InChI is InChI=1S/C13H8F3NO/c14-13(15,16)11-6-10(8-18)12(17-7-11)9-4-2-1-3-5-9/h1-8H. The summed E-state index contributed by atoms with van der Waals surface area (Å²) in [5.74, 6) is 0. The van der Waals surface area contributed by atoms with Gasteiger partial charge in [-0.25, -0.2) is 0 Å². The maximum absolute atomic E-state index is 12.5. The molecule has 1 heterocycles. The van der Waals surface area contributed by atoms with Gasteiger partial charge in [0.25, 0.3) is 0 Å². The smallest absolute Gasteiger partial charge is 0.298 e. The summed E-state index contributed by atoms with van der Waals surface area (Å²) < 4.78 is 37.4. The van der Waals surface area contributed by atoms with Gasteiger partial charge in [-0.05, 0) is 6.07 Å². The van der Waals surface area contributed by atoms with Crippen LogP contribution in [0.15, 0.2) is 42.6 Å². The Kier molecular flexibility index (Phi) is 3.14. The predicted octanol–water partition coefficient (Wildman–Crippen LogP) is 3.58. The number of benzene rings is 1. The Morgan fingerprint density at radius 1 is 1.11 bits per heavy atom. The third-order valence-corrected chi connectivity index (χ3v) is 2.42. The van der Waals surface area contributed by atoms with E-state index in [0.29, 0.717) is 11.8 Å². The third-order valence-electron chi connectivity index (χ3n) is 2.42. The van der Waals surface area contributed by atoms with Crippen LogP contribution in [0, 0.1) is 0 Å². The molecule has 0 unspecified atom stereocenters. The van der Waals surface area contributed by atoms with Gasteiger partial charge in [0.15, 0.2) is 6.29 Å². The van der Waals surface area contributed by atoms with Gasteiger partial charge in [-0.1, -0.05) is 30.3 Å². The van der Waals surface area contributed by atoms with E-state index in [2.05, 4.69) is 4.98 Å². The maximum Gasteiger partial charge on any atom is 0.417 e. The number of carbonyl (C=O) groups excluding carboxylic acids is 1. The van der Waals surface area contributed by atoms with Crippen molar-refractivity contribution in [3.05, 3.63) is 53.7 Å². The first-order valence-corrected chi connectivity index (χ1v) is 5.10. The van der Waals surface area contributed by atoms with Crippen molar-refractivity contribution in [2.24, 2.45) is 0 Å². The van der Waals surface area contributed by atoms with Gasteiger partial charge in [0, 0.05) is 17.3 Å². The Bertz CT molecular complexity index is 564. The highest BCUT2D eigenvalue weighted by atomic mass is 19.4. The zero-order valence-electron chi connectivity index (χ0n) is 9.11. The van der Waals surface area contributed by atoms with Crippen molar-refractivity contribution in [2.75, 3.05) is 0 Å². The molecule has 0 fully saturated rings. The van der Waals surface area contributed by atoms with Crippen molar-refractivity contribution in [1.82, 2.24) is 4.98 Å². The Morgan fingerprint density at radius 2 is 1.78 bits per heavy atom. The molecule has 0 aliphatic heterocycles. The molecule has 0 radical (unpaired) electrons. The largest absolute Gasteiger partial charge is 0.417 e. The van der Waals surface area contributed by atoms with Crippen LogP contribution in [0.4, 0.5) is 13.2 Å². The van der Waals surface area contributed by atoms with Crippen molar-refractivity contribution in [2.45, 2.75) is 6.18 Å². The first kappa shape index (κ1) is 12.3. The van der Waals surface area contributed by atoms with Gasteiger partial charge >= 0.3 is 6.18 Å². The van der Waals surface area contributed by atoms with E-state index in [9.17, 15) is 18.0 Å². The lowest BCUT2D eigenvalue weighted by Gasteiger charge is -2.09. The van der Waals surface area contributed by atoms with Crippen LogP contribution in [0.2, 0.25) is 0 Å². The highest BCUT2D eigenvalue weighted by Crippen LogP contribution is 2.31. The molecule has 0 amide bonds. The van der Waals surface area contributed by atoms with Crippen LogP contribution < -0.4 is 0 Å². The average Bonchev–Trinajstić information content (AvgIpc) is 2.38. The number of alkyl halides is 3. The Labute approximate surface area is 101 Å². The van der Waals surface area contributed by atoms with Crippen LogP contribution >= 0.6 is 0 Å². The Morgan fingerprint density at radius 3 is 2.33 bits per heavy atom. The quantitative estimate of drug-likeness (QED) is 0.763. The minimum Gasteiger partial charge on any atom is -0.298 e. The molecule has 2 rings (SSSR count). The van der Waals surface area contributed by atoms with Crippen LogP contribution in [0.25, 0.3) is 11.3 Å².